The summed E-state index contributed by atoms with van der Waals surface area (Å²) in [6.45, 7) is 2.59. The third-order valence-electron chi connectivity index (χ3n) is 2.16. The van der Waals surface area contributed by atoms with Gasteiger partial charge in [-0.05, 0) is 25.1 Å². The van der Waals surface area contributed by atoms with E-state index < -0.39 is 11.9 Å². The van der Waals surface area contributed by atoms with E-state index in [9.17, 15) is 13.2 Å². The lowest BCUT2D eigenvalue weighted by molar-refractivity contribution is -0.140. The zero-order valence-electron chi connectivity index (χ0n) is 8.54. The lowest BCUT2D eigenvalue weighted by Gasteiger charge is -2.08. The quantitative estimate of drug-likeness (QED) is 0.857. The Labute approximate surface area is 89.9 Å². The van der Waals surface area contributed by atoms with E-state index >= 15 is 0 Å². The fourth-order valence-electron chi connectivity index (χ4n) is 1.49. The van der Waals surface area contributed by atoms with E-state index in [0.717, 1.165) is 6.07 Å². The molecular formula is C10H10F3N3. The molecular weight excluding hydrogens is 219 g/mol. The molecule has 0 bridgehead atoms. The summed E-state index contributed by atoms with van der Waals surface area (Å²) in [6.07, 6.45) is -2.74. The number of pyridine rings is 1. The molecule has 0 amide bonds. The third-order valence-corrected chi connectivity index (χ3v) is 2.16. The first kappa shape index (κ1) is 10.8. The summed E-state index contributed by atoms with van der Waals surface area (Å²) >= 11 is 0. The second kappa shape index (κ2) is 3.70. The molecule has 2 aromatic rings. The van der Waals surface area contributed by atoms with Crippen molar-refractivity contribution in [3.63, 3.8) is 0 Å². The molecule has 86 valence electrons. The van der Waals surface area contributed by atoms with Crippen LogP contribution in [0.3, 0.4) is 0 Å². The van der Waals surface area contributed by atoms with Gasteiger partial charge in [0, 0.05) is 12.7 Å². The molecule has 0 aliphatic heterocycles. The lowest BCUT2D eigenvalue weighted by Crippen LogP contribution is -2.12. The molecule has 0 atom stereocenters. The number of hydrogen-bond acceptors (Lipinski definition) is 2. The summed E-state index contributed by atoms with van der Waals surface area (Å²) < 4.78 is 38.8. The molecule has 6 heteroatoms. The number of hydrogen-bond donors (Lipinski definition) is 1. The van der Waals surface area contributed by atoms with Crippen molar-refractivity contribution in [2.45, 2.75) is 13.1 Å². The van der Waals surface area contributed by atoms with Crippen LogP contribution in [0.2, 0.25) is 0 Å². The zero-order chi connectivity index (χ0) is 11.8. The van der Waals surface area contributed by atoms with Crippen molar-refractivity contribution in [3.05, 3.63) is 30.1 Å². The fraction of sp³-hybridized carbons (Fsp3) is 0.300. The highest BCUT2D eigenvalue weighted by atomic mass is 19.4. The Morgan fingerprint density at radius 1 is 1.31 bits per heavy atom. The Bertz CT molecular complexity index is 501. The Kier molecular flexibility index (Phi) is 2.49. The summed E-state index contributed by atoms with van der Waals surface area (Å²) in [5.74, 6) is 0. The van der Waals surface area contributed by atoms with Crippen LogP contribution in [0, 0.1) is 0 Å². The van der Waals surface area contributed by atoms with Gasteiger partial charge in [0.25, 0.3) is 0 Å². The summed E-state index contributed by atoms with van der Waals surface area (Å²) in [5.41, 5.74) is 3.08. The molecule has 0 radical (unpaired) electrons. The number of nitrogens with one attached hydrogen (secondary N) is 1. The van der Waals surface area contributed by atoms with Gasteiger partial charge in [-0.1, -0.05) is 0 Å². The van der Waals surface area contributed by atoms with Crippen LogP contribution >= 0.6 is 0 Å². The average molecular weight is 229 g/mol. The van der Waals surface area contributed by atoms with Crippen molar-refractivity contribution in [1.29, 1.82) is 0 Å². The molecule has 0 aliphatic rings. The van der Waals surface area contributed by atoms with Crippen molar-refractivity contribution < 1.29 is 13.2 Å². The van der Waals surface area contributed by atoms with E-state index in [1.54, 1.807) is 16.9 Å². The first-order valence-electron chi connectivity index (χ1n) is 4.81. The van der Waals surface area contributed by atoms with Gasteiger partial charge >= 0.3 is 6.18 Å². The van der Waals surface area contributed by atoms with Crippen molar-refractivity contribution in [1.82, 2.24) is 9.66 Å². The van der Waals surface area contributed by atoms with Gasteiger partial charge in [-0.15, -0.1) is 0 Å². The van der Waals surface area contributed by atoms with E-state index in [-0.39, 0.29) is 0 Å². The highest BCUT2D eigenvalue weighted by Crippen LogP contribution is 2.28. The van der Waals surface area contributed by atoms with Gasteiger partial charge < -0.3 is 5.43 Å². The maximum Gasteiger partial charge on any atom is 0.433 e. The number of nitrogens with zero attached hydrogens (tertiary/aromatic N) is 2. The molecule has 0 saturated heterocycles. The Morgan fingerprint density at radius 3 is 2.69 bits per heavy atom. The van der Waals surface area contributed by atoms with Gasteiger partial charge in [-0.2, -0.15) is 13.2 Å². The average Bonchev–Trinajstić information content (AvgIpc) is 2.60. The monoisotopic (exact) mass is 229 g/mol. The largest absolute Gasteiger partial charge is 0.433 e. The normalized spacial score (nSPS) is 12.0. The second-order valence-corrected chi connectivity index (χ2v) is 3.30. The fourth-order valence-corrected chi connectivity index (χ4v) is 1.49. The zero-order valence-corrected chi connectivity index (χ0v) is 8.54. The van der Waals surface area contributed by atoms with Gasteiger partial charge in [0.1, 0.15) is 5.69 Å². The van der Waals surface area contributed by atoms with Gasteiger partial charge in [-0.25, -0.2) is 4.98 Å². The number of alkyl halides is 3. The summed E-state index contributed by atoms with van der Waals surface area (Å²) in [4.78, 5) is 3.56. The number of rotatable bonds is 2. The van der Waals surface area contributed by atoms with Crippen LogP contribution in [0.25, 0.3) is 11.0 Å². The van der Waals surface area contributed by atoms with Crippen molar-refractivity contribution in [3.8, 4) is 0 Å². The lowest BCUT2D eigenvalue weighted by atomic mass is 10.3. The molecule has 0 aliphatic carbocycles. The molecule has 2 heterocycles. The Balaban J connectivity index is 2.49. The van der Waals surface area contributed by atoms with E-state index in [2.05, 4.69) is 10.4 Å². The van der Waals surface area contributed by atoms with Gasteiger partial charge in [0.15, 0.2) is 0 Å². The number of halogens is 3. The van der Waals surface area contributed by atoms with Gasteiger partial charge in [-0.3, -0.25) is 4.68 Å². The maximum atomic E-state index is 12.4. The molecule has 2 aromatic heterocycles. The van der Waals surface area contributed by atoms with Gasteiger partial charge in [0.2, 0.25) is 0 Å². The van der Waals surface area contributed by atoms with Crippen LogP contribution in [-0.2, 0) is 6.18 Å². The molecule has 0 aromatic carbocycles. The van der Waals surface area contributed by atoms with E-state index in [0.29, 0.717) is 17.6 Å². The smallest absolute Gasteiger partial charge is 0.326 e. The van der Waals surface area contributed by atoms with Gasteiger partial charge in [0.05, 0.1) is 11.0 Å². The van der Waals surface area contributed by atoms with E-state index in [1.165, 1.54) is 6.07 Å². The number of aromatic nitrogens is 2. The number of fused-ring (bicyclic) bond motifs is 1. The molecule has 3 nitrogen and oxygen atoms in total. The van der Waals surface area contributed by atoms with Crippen molar-refractivity contribution >= 4 is 11.0 Å². The Hall–Kier alpha value is -1.72. The third kappa shape index (κ3) is 1.82. The molecule has 0 spiro atoms. The molecule has 0 saturated carbocycles. The molecule has 16 heavy (non-hydrogen) atoms. The topological polar surface area (TPSA) is 29.9 Å². The minimum Gasteiger partial charge on any atom is -0.326 e. The van der Waals surface area contributed by atoms with Crippen molar-refractivity contribution in [2.75, 3.05) is 12.0 Å². The van der Waals surface area contributed by atoms with Crippen LogP contribution in [0.1, 0.15) is 12.6 Å². The van der Waals surface area contributed by atoms with Crippen LogP contribution in [0.4, 0.5) is 13.2 Å². The predicted molar refractivity (Wildman–Crippen MR) is 54.6 cm³/mol. The SMILES string of the molecule is CCNn1ccc2nc(C(F)(F)F)ccc21. The Morgan fingerprint density at radius 2 is 2.06 bits per heavy atom. The minimum atomic E-state index is -4.39. The maximum absolute atomic E-state index is 12.4. The molecule has 1 N–H and O–H groups in total. The van der Waals surface area contributed by atoms with Crippen LogP contribution in [0.15, 0.2) is 24.4 Å². The van der Waals surface area contributed by atoms with Crippen molar-refractivity contribution in [2.24, 2.45) is 0 Å². The standard InChI is InChI=1S/C10H10F3N3/c1-2-14-16-6-5-7-8(16)3-4-9(15-7)10(11,12)13/h3-6,14H,2H2,1H3. The predicted octanol–water partition coefficient (Wildman–Crippen LogP) is 2.62. The van der Waals surface area contributed by atoms with Crippen LogP contribution in [0.5, 0.6) is 0 Å². The summed E-state index contributed by atoms with van der Waals surface area (Å²) in [6, 6.07) is 3.94. The highest BCUT2D eigenvalue weighted by Gasteiger charge is 2.32. The summed E-state index contributed by atoms with van der Waals surface area (Å²) in [5, 5.41) is 0. The first-order chi connectivity index (χ1) is 7.52. The van der Waals surface area contributed by atoms with E-state index in [4.69, 9.17) is 0 Å². The molecule has 2 rings (SSSR count). The second-order valence-electron chi connectivity index (χ2n) is 3.30. The highest BCUT2D eigenvalue weighted by molar-refractivity contribution is 5.76. The molecule has 0 fully saturated rings. The minimum absolute atomic E-state index is 0.329. The first-order valence-corrected chi connectivity index (χ1v) is 4.81. The molecule has 0 unspecified atom stereocenters. The van der Waals surface area contributed by atoms with Crippen LogP contribution < -0.4 is 5.43 Å². The summed E-state index contributed by atoms with van der Waals surface area (Å²) in [7, 11) is 0. The van der Waals surface area contributed by atoms with E-state index in [1.807, 2.05) is 6.92 Å². The van der Waals surface area contributed by atoms with Crippen LogP contribution in [-0.4, -0.2) is 16.2 Å².